The molecule has 124 valence electrons. The highest BCUT2D eigenvalue weighted by molar-refractivity contribution is 7.51. The Bertz CT molecular complexity index is 811. The number of rotatable bonds is 5. The Morgan fingerprint density at radius 2 is 1.62 bits per heavy atom. The number of nitrogens with zero attached hydrogens (tertiary/aromatic N) is 1. The second-order valence-electron chi connectivity index (χ2n) is 5.29. The highest BCUT2D eigenvalue weighted by atomic mass is 31.2. The highest BCUT2D eigenvalue weighted by Gasteiger charge is 2.41. The first-order chi connectivity index (χ1) is 11.6. The zero-order chi connectivity index (χ0) is 17.2. The summed E-state index contributed by atoms with van der Waals surface area (Å²) in [6.07, 6.45) is 3.40. The van der Waals surface area contributed by atoms with Gasteiger partial charge in [0, 0.05) is 26.0 Å². The molecule has 0 aromatic heterocycles. The molecule has 0 aliphatic carbocycles. The van der Waals surface area contributed by atoms with Crippen LogP contribution < -0.4 is 0 Å². The van der Waals surface area contributed by atoms with Crippen molar-refractivity contribution in [2.45, 2.75) is 6.04 Å². The summed E-state index contributed by atoms with van der Waals surface area (Å²) in [4.78, 5) is 13.1. The molecule has 0 radical (unpaired) electrons. The topological polar surface area (TPSA) is 55.8 Å². The zero-order valence-corrected chi connectivity index (χ0v) is 14.4. The van der Waals surface area contributed by atoms with Crippen LogP contribution in [0.5, 0.6) is 0 Å². The molecule has 6 heteroatoms. The molecule has 0 amide bonds. The lowest BCUT2D eigenvalue weighted by molar-refractivity contribution is 0.0888. The molecule has 1 aliphatic heterocycles. The summed E-state index contributed by atoms with van der Waals surface area (Å²) in [5.41, 5.74) is 2.21. The van der Waals surface area contributed by atoms with Crippen LogP contribution >= 0.6 is 7.75 Å². The first-order valence-electron chi connectivity index (χ1n) is 7.47. The fourth-order valence-electron chi connectivity index (χ4n) is 2.80. The van der Waals surface area contributed by atoms with Gasteiger partial charge in [0.25, 0.3) is 0 Å². The van der Waals surface area contributed by atoms with E-state index >= 15 is 0 Å². The van der Waals surface area contributed by atoms with Gasteiger partial charge in [0.15, 0.2) is 5.78 Å². The number of fused-ring (bicyclic) bond motifs is 1. The molecule has 0 bridgehead atoms. The average molecular weight is 343 g/mol. The average Bonchev–Trinajstić information content (AvgIpc) is 2.66. The fraction of sp³-hybridized carbons (Fsp3) is 0.167. The Kier molecular flexibility index (Phi) is 4.67. The van der Waals surface area contributed by atoms with Crippen molar-refractivity contribution in [2.24, 2.45) is 0 Å². The number of Topliss-reactive ketones (excluding diaryl/α,β-unsaturated/α-hetero) is 1. The van der Waals surface area contributed by atoms with E-state index in [4.69, 9.17) is 9.05 Å². The van der Waals surface area contributed by atoms with Gasteiger partial charge in [-0.2, -0.15) is 0 Å². The maximum Gasteiger partial charge on any atom is 0.435 e. The summed E-state index contributed by atoms with van der Waals surface area (Å²) in [6, 6.07) is 15.7. The van der Waals surface area contributed by atoms with Crippen LogP contribution in [0.4, 0.5) is 0 Å². The molecular weight excluding hydrogens is 325 g/mol. The Morgan fingerprint density at radius 3 is 2.29 bits per heavy atom. The Balaban J connectivity index is 2.14. The van der Waals surface area contributed by atoms with E-state index in [0.717, 1.165) is 11.1 Å². The third-order valence-corrected chi connectivity index (χ3v) is 5.87. The normalized spacial score (nSPS) is 16.8. The summed E-state index contributed by atoms with van der Waals surface area (Å²) in [6.45, 7) is 0. The lowest BCUT2D eigenvalue weighted by Gasteiger charge is -2.36. The summed E-state index contributed by atoms with van der Waals surface area (Å²) in [5.74, 6) is -0.165. The van der Waals surface area contributed by atoms with E-state index in [2.05, 4.69) is 0 Å². The van der Waals surface area contributed by atoms with Crippen molar-refractivity contribution in [1.29, 1.82) is 0 Å². The summed E-state index contributed by atoms with van der Waals surface area (Å²) < 4.78 is 24.5. The standard InChI is InChI=1S/C18H18NO4P/c1-22-24(21,23-2)19-13-12-14-8-6-7-11-16(14)17(19)18(20)15-9-4-3-5-10-15/h3-13,17H,1-2H3. The molecule has 2 aromatic rings. The van der Waals surface area contributed by atoms with Crippen molar-refractivity contribution < 1.29 is 18.4 Å². The van der Waals surface area contributed by atoms with E-state index in [1.165, 1.54) is 18.9 Å². The van der Waals surface area contributed by atoms with Gasteiger partial charge in [-0.1, -0.05) is 54.6 Å². The SMILES string of the molecule is COP(=O)(OC)N1C=Cc2ccccc2C1C(=O)c1ccccc1. The van der Waals surface area contributed by atoms with Crippen LogP contribution in [-0.4, -0.2) is 24.7 Å². The second-order valence-corrected chi connectivity index (χ2v) is 7.42. The van der Waals surface area contributed by atoms with Crippen molar-refractivity contribution in [1.82, 2.24) is 4.67 Å². The van der Waals surface area contributed by atoms with Gasteiger partial charge in [-0.25, -0.2) is 4.57 Å². The van der Waals surface area contributed by atoms with Crippen molar-refractivity contribution >= 4 is 19.6 Å². The Labute approximate surface area is 141 Å². The smallest absolute Gasteiger partial charge is 0.296 e. The minimum Gasteiger partial charge on any atom is -0.296 e. The lowest BCUT2D eigenvalue weighted by Crippen LogP contribution is -2.31. The number of hydrogen-bond donors (Lipinski definition) is 0. The van der Waals surface area contributed by atoms with Gasteiger partial charge in [0.2, 0.25) is 0 Å². The largest absolute Gasteiger partial charge is 0.435 e. The molecule has 5 nitrogen and oxygen atoms in total. The molecule has 0 spiro atoms. The maximum atomic E-state index is 13.1. The van der Waals surface area contributed by atoms with E-state index in [0.29, 0.717) is 5.56 Å². The molecule has 0 fully saturated rings. The van der Waals surface area contributed by atoms with Crippen LogP contribution in [0.25, 0.3) is 6.08 Å². The van der Waals surface area contributed by atoms with Gasteiger partial charge in [0.05, 0.1) is 0 Å². The molecule has 24 heavy (non-hydrogen) atoms. The van der Waals surface area contributed by atoms with E-state index < -0.39 is 13.8 Å². The van der Waals surface area contributed by atoms with E-state index in [-0.39, 0.29) is 5.78 Å². The van der Waals surface area contributed by atoms with Gasteiger partial charge in [-0.3, -0.25) is 18.5 Å². The van der Waals surface area contributed by atoms with Crippen LogP contribution in [0.2, 0.25) is 0 Å². The minimum atomic E-state index is -3.62. The molecule has 1 atom stereocenters. The van der Waals surface area contributed by atoms with Gasteiger partial charge in [-0.15, -0.1) is 0 Å². The quantitative estimate of drug-likeness (QED) is 0.598. The Morgan fingerprint density at radius 1 is 1.00 bits per heavy atom. The van der Waals surface area contributed by atoms with Crippen LogP contribution in [0.15, 0.2) is 60.8 Å². The van der Waals surface area contributed by atoms with Crippen LogP contribution in [0.1, 0.15) is 27.5 Å². The van der Waals surface area contributed by atoms with Crippen molar-refractivity contribution in [3.05, 3.63) is 77.5 Å². The first-order valence-corrected chi connectivity index (χ1v) is 8.97. The van der Waals surface area contributed by atoms with E-state index in [1.54, 1.807) is 36.5 Å². The molecule has 3 rings (SSSR count). The van der Waals surface area contributed by atoms with Gasteiger partial charge >= 0.3 is 7.75 Å². The van der Waals surface area contributed by atoms with Gasteiger partial charge in [0.1, 0.15) is 6.04 Å². The van der Waals surface area contributed by atoms with Crippen molar-refractivity contribution in [3.63, 3.8) is 0 Å². The molecule has 0 saturated heterocycles. The number of ketones is 1. The molecule has 2 aromatic carbocycles. The number of carbonyl (C=O) groups is 1. The summed E-state index contributed by atoms with van der Waals surface area (Å²) in [5, 5.41) is 0. The third-order valence-electron chi connectivity index (χ3n) is 4.01. The Hall–Kier alpha value is -2.20. The van der Waals surface area contributed by atoms with Gasteiger partial charge in [-0.05, 0) is 17.2 Å². The lowest BCUT2D eigenvalue weighted by atomic mass is 9.92. The molecule has 0 N–H and O–H groups in total. The fourth-order valence-corrected chi connectivity index (χ4v) is 4.07. The second kappa shape index (κ2) is 6.73. The zero-order valence-electron chi connectivity index (χ0n) is 13.5. The molecule has 1 aliphatic rings. The van der Waals surface area contributed by atoms with E-state index in [1.807, 2.05) is 30.3 Å². The van der Waals surface area contributed by atoms with Gasteiger partial charge < -0.3 is 0 Å². The first kappa shape index (κ1) is 16.7. The van der Waals surface area contributed by atoms with Crippen LogP contribution in [-0.2, 0) is 13.6 Å². The summed E-state index contributed by atoms with van der Waals surface area (Å²) in [7, 11) is -1.00. The minimum absolute atomic E-state index is 0.165. The number of carbonyl (C=O) groups excluding carboxylic acids is 1. The predicted octanol–water partition coefficient (Wildman–Crippen LogP) is 4.30. The van der Waals surface area contributed by atoms with Crippen LogP contribution in [0, 0.1) is 0 Å². The number of hydrogen-bond acceptors (Lipinski definition) is 4. The maximum absolute atomic E-state index is 13.1. The van der Waals surface area contributed by atoms with Crippen LogP contribution in [0.3, 0.4) is 0 Å². The number of benzene rings is 2. The molecule has 1 heterocycles. The monoisotopic (exact) mass is 343 g/mol. The van der Waals surface area contributed by atoms with E-state index in [9.17, 15) is 9.36 Å². The predicted molar refractivity (Wildman–Crippen MR) is 92.5 cm³/mol. The van der Waals surface area contributed by atoms with Crippen molar-refractivity contribution in [2.75, 3.05) is 14.2 Å². The highest BCUT2D eigenvalue weighted by Crippen LogP contribution is 2.57. The molecule has 0 saturated carbocycles. The molecular formula is C18H18NO4P. The van der Waals surface area contributed by atoms with Crippen molar-refractivity contribution in [3.8, 4) is 0 Å². The third kappa shape index (κ3) is 2.82. The molecule has 1 unspecified atom stereocenters. The summed E-state index contributed by atoms with van der Waals surface area (Å²) >= 11 is 0.